The number of rotatable bonds is 16. The zero-order valence-corrected chi connectivity index (χ0v) is 51.8. The van der Waals surface area contributed by atoms with Gasteiger partial charge in [0.1, 0.15) is 18.3 Å². The zero-order chi connectivity index (χ0) is 58.0. The van der Waals surface area contributed by atoms with E-state index in [9.17, 15) is 14.4 Å². The lowest BCUT2D eigenvalue weighted by Gasteiger charge is -2.44. The molecule has 10 rings (SSSR count). The number of aryl methyl sites for hydroxylation is 2. The van der Waals surface area contributed by atoms with Crippen molar-refractivity contribution in [3.8, 4) is 20.9 Å². The van der Waals surface area contributed by atoms with Gasteiger partial charge in [0.05, 0.1) is 50.0 Å². The van der Waals surface area contributed by atoms with E-state index in [1.165, 1.54) is 84.8 Å². The molecule has 4 aliphatic heterocycles. The van der Waals surface area contributed by atoms with Crippen LogP contribution in [-0.2, 0) is 73.5 Å². The first kappa shape index (κ1) is 61.4. The number of thioether (sulfide) groups is 1. The third-order valence-electron chi connectivity index (χ3n) is 16.6. The fourth-order valence-electron chi connectivity index (χ4n) is 11.6. The van der Waals surface area contributed by atoms with E-state index in [0.717, 1.165) is 89.7 Å². The summed E-state index contributed by atoms with van der Waals surface area (Å²) in [6.07, 6.45) is 1.39. The third-order valence-corrected chi connectivity index (χ3v) is 19.9. The van der Waals surface area contributed by atoms with Crippen LogP contribution in [0.2, 0.25) is 0 Å². The van der Waals surface area contributed by atoms with Gasteiger partial charge in [0, 0.05) is 104 Å². The van der Waals surface area contributed by atoms with Gasteiger partial charge in [-0.25, -0.2) is 0 Å². The molecule has 0 bridgehead atoms. The number of esters is 3. The summed E-state index contributed by atoms with van der Waals surface area (Å²) in [5, 5.41) is 0.0451. The van der Waals surface area contributed by atoms with Crippen LogP contribution in [0.25, 0.3) is 20.9 Å². The number of morpholine rings is 2. The van der Waals surface area contributed by atoms with Crippen molar-refractivity contribution in [3.63, 3.8) is 0 Å². The molecule has 6 aromatic rings. The van der Waals surface area contributed by atoms with E-state index in [1.54, 1.807) is 11.8 Å². The Hall–Kier alpha value is -5.20. The lowest BCUT2D eigenvalue weighted by Crippen LogP contribution is -2.52. The van der Waals surface area contributed by atoms with Gasteiger partial charge in [0.15, 0.2) is 6.10 Å². The van der Waals surface area contributed by atoms with Crippen LogP contribution in [0.3, 0.4) is 0 Å². The maximum absolute atomic E-state index is 12.1. The van der Waals surface area contributed by atoms with Gasteiger partial charge in [-0.15, -0.1) is 22.7 Å². The van der Waals surface area contributed by atoms with Gasteiger partial charge in [-0.05, 0) is 126 Å². The Balaban J connectivity index is 0.000000198. The molecule has 438 valence electrons. The maximum atomic E-state index is 12.1. The Morgan fingerprint density at radius 2 is 0.963 bits per heavy atom. The van der Waals surface area contributed by atoms with Crippen LogP contribution >= 0.6 is 34.4 Å². The van der Waals surface area contributed by atoms with Gasteiger partial charge in [-0.1, -0.05) is 86.6 Å². The Bertz CT molecular complexity index is 3110. The highest BCUT2D eigenvalue weighted by atomic mass is 32.2. The first-order valence-electron chi connectivity index (χ1n) is 29.0. The second kappa shape index (κ2) is 28.6. The fraction of sp³-hybridized carbons (Fsp3) is 0.478. The van der Waals surface area contributed by atoms with Crippen molar-refractivity contribution in [2.24, 2.45) is 11.8 Å². The highest BCUT2D eigenvalue weighted by Crippen LogP contribution is 2.44. The van der Waals surface area contributed by atoms with E-state index in [0.29, 0.717) is 0 Å². The highest BCUT2D eigenvalue weighted by molar-refractivity contribution is 7.99. The average molecular weight is 1170 g/mol. The third kappa shape index (κ3) is 15.8. The fourth-order valence-corrected chi connectivity index (χ4v) is 14.7. The quantitative estimate of drug-likeness (QED) is 0.0676. The molecule has 2 unspecified atom stereocenters. The summed E-state index contributed by atoms with van der Waals surface area (Å²) in [7, 11) is 0. The number of carbonyl (C=O) groups excluding carboxylic acids is 3. The molecule has 12 nitrogen and oxygen atoms in total. The average Bonchev–Trinajstić information content (AvgIpc) is 4.28. The molecular weight excluding hydrogens is 1090 g/mol. The Kier molecular flexibility index (Phi) is 21.4. The van der Waals surface area contributed by atoms with Gasteiger partial charge in [-0.3, -0.25) is 24.2 Å². The molecule has 6 heterocycles. The molecule has 4 fully saturated rings. The SMILES string of the molecule is CC(=O)O[C@H]1[C@H](C)[C@@H](C)OC(c2ccc(C)c(Cc3ccc(-c4cccc(CN5CCOCC5)c4)s3)c2)[C@@H]1OC(C)=O.CS[C@H]1C(c2ccc(C)c(Cc3ccc(-c4cccc(CN5CCOCC5)c4)s3)c2)O[C@H](C)[C@@H](C)[C@@H]1OC(C)=O. The molecule has 0 saturated carbocycles. The lowest BCUT2D eigenvalue weighted by molar-refractivity contribution is -0.222. The summed E-state index contributed by atoms with van der Waals surface area (Å²) in [6, 6.07) is 39.7. The predicted molar refractivity (Wildman–Crippen MR) is 329 cm³/mol. The van der Waals surface area contributed by atoms with E-state index in [4.69, 9.17) is 33.2 Å². The summed E-state index contributed by atoms with van der Waals surface area (Å²) in [6.45, 7) is 25.8. The zero-order valence-electron chi connectivity index (χ0n) is 49.4. The van der Waals surface area contributed by atoms with Crippen LogP contribution in [0, 0.1) is 25.7 Å². The normalized spacial score (nSPS) is 25.1. The molecule has 0 N–H and O–H groups in total. The molecule has 4 saturated heterocycles. The molecule has 0 aliphatic carbocycles. The number of hydrogen-bond donors (Lipinski definition) is 0. The summed E-state index contributed by atoms with van der Waals surface area (Å²) in [4.78, 5) is 46.0. The summed E-state index contributed by atoms with van der Waals surface area (Å²) >= 11 is 5.41. The van der Waals surface area contributed by atoms with Gasteiger partial charge in [-0.2, -0.15) is 11.8 Å². The van der Waals surface area contributed by atoms with Gasteiger partial charge in [0.2, 0.25) is 0 Å². The van der Waals surface area contributed by atoms with Crippen molar-refractivity contribution in [2.75, 3.05) is 58.9 Å². The molecule has 4 aliphatic rings. The molecule has 82 heavy (non-hydrogen) atoms. The summed E-state index contributed by atoms with van der Waals surface area (Å²) in [5.41, 5.74) is 12.2. The molecule has 15 heteroatoms. The van der Waals surface area contributed by atoms with Crippen LogP contribution in [0.4, 0.5) is 0 Å². The second-order valence-corrected chi connectivity index (χ2v) is 26.0. The Morgan fingerprint density at radius 3 is 1.43 bits per heavy atom. The molecular formula is C67H82N2O10S3. The molecule has 2 aromatic heterocycles. The number of thiophene rings is 2. The first-order chi connectivity index (χ1) is 39.5. The van der Waals surface area contributed by atoms with Crippen LogP contribution in [0.15, 0.2) is 109 Å². The standard InChI is InChI=1S/C34H41NO6S.C33H41NO4S2/c1-21-9-10-28(33-34(41-25(5)37)32(40-24(4)36)22(2)23(3)39-33)18-29(21)19-30-11-12-31(42-30)27-8-6-7-26(17-27)20-35-13-15-38-16-14-35;1-21-9-10-27(32-33(39-5)31(38-24(4)35)22(2)23(3)37-32)18-28(21)19-29-11-12-30(40-29)26-8-6-7-25(17-26)20-34-13-15-36-16-14-34/h6-12,17-18,22-23,32-34H,13-16,19-20H2,1-5H3;6-12,17-18,22-23,31-33H,13-16,19-20H2,1-5H3/t22-,23-,32+,33?,34-;22-,23-,31+,32?,33-/m11/s1. The smallest absolute Gasteiger partial charge is 0.303 e. The van der Waals surface area contributed by atoms with E-state index >= 15 is 0 Å². The van der Waals surface area contributed by atoms with E-state index < -0.39 is 30.3 Å². The maximum Gasteiger partial charge on any atom is 0.303 e. The van der Waals surface area contributed by atoms with Crippen molar-refractivity contribution in [2.45, 2.75) is 136 Å². The van der Waals surface area contributed by atoms with E-state index in [-0.39, 0.29) is 47.5 Å². The van der Waals surface area contributed by atoms with Crippen LogP contribution < -0.4 is 0 Å². The second-order valence-electron chi connectivity index (χ2n) is 22.6. The van der Waals surface area contributed by atoms with E-state index in [1.807, 2.05) is 42.6 Å². The van der Waals surface area contributed by atoms with Crippen molar-refractivity contribution < 1.29 is 47.5 Å². The number of hydrogen-bond acceptors (Lipinski definition) is 15. The van der Waals surface area contributed by atoms with Crippen LogP contribution in [0.5, 0.6) is 0 Å². The highest BCUT2D eigenvalue weighted by Gasteiger charge is 2.47. The van der Waals surface area contributed by atoms with Gasteiger partial charge >= 0.3 is 17.9 Å². The monoisotopic (exact) mass is 1170 g/mol. The Labute approximate surface area is 498 Å². The summed E-state index contributed by atoms with van der Waals surface area (Å²) in [5.74, 6) is -1.05. The van der Waals surface area contributed by atoms with Crippen molar-refractivity contribution in [3.05, 3.63) is 163 Å². The number of carbonyl (C=O) groups is 3. The minimum absolute atomic E-state index is 0.00127. The topological polar surface area (TPSA) is 122 Å². The van der Waals surface area contributed by atoms with Crippen molar-refractivity contribution >= 4 is 52.3 Å². The number of nitrogens with zero attached hydrogens (tertiary/aromatic N) is 2. The van der Waals surface area contributed by atoms with Crippen LogP contribution in [0.1, 0.15) is 115 Å². The molecule has 0 amide bonds. The van der Waals surface area contributed by atoms with E-state index in [2.05, 4.69) is 147 Å². The molecule has 10 atom stereocenters. The lowest BCUT2D eigenvalue weighted by atomic mass is 9.85. The van der Waals surface area contributed by atoms with Gasteiger partial charge in [0.25, 0.3) is 0 Å². The molecule has 0 radical (unpaired) electrons. The van der Waals surface area contributed by atoms with Crippen molar-refractivity contribution in [1.82, 2.24) is 9.80 Å². The predicted octanol–water partition coefficient (Wildman–Crippen LogP) is 13.0. The minimum Gasteiger partial charge on any atom is -0.461 e. The first-order valence-corrected chi connectivity index (χ1v) is 31.9. The largest absolute Gasteiger partial charge is 0.461 e. The number of benzene rings is 4. The summed E-state index contributed by atoms with van der Waals surface area (Å²) < 4.78 is 41.2. The number of ether oxygens (including phenoxy) is 7. The van der Waals surface area contributed by atoms with Crippen molar-refractivity contribution in [1.29, 1.82) is 0 Å². The molecule has 0 spiro atoms. The van der Waals surface area contributed by atoms with Gasteiger partial charge < -0.3 is 33.2 Å². The Morgan fingerprint density at radius 1 is 0.537 bits per heavy atom. The van der Waals surface area contributed by atoms with Crippen LogP contribution in [-0.4, -0.2) is 122 Å². The molecule has 4 aromatic carbocycles. The minimum atomic E-state index is -0.730.